The molecule has 0 radical (unpaired) electrons. The molecule has 0 aliphatic carbocycles. The van der Waals surface area contributed by atoms with Crippen LogP contribution in [0.1, 0.15) is 5.56 Å². The molecule has 3 N–H and O–H groups in total. The Morgan fingerprint density at radius 2 is 2.22 bits per heavy atom. The number of anilines is 1. The minimum atomic E-state index is -0.314. The highest BCUT2D eigenvalue weighted by Crippen LogP contribution is 2.29. The Kier molecular flexibility index (Phi) is 3.73. The molecule has 0 aliphatic rings. The molecule has 0 spiro atoms. The summed E-state index contributed by atoms with van der Waals surface area (Å²) >= 11 is 3.26. The topological polar surface area (TPSA) is 73.1 Å². The molecule has 1 aromatic carbocycles. The summed E-state index contributed by atoms with van der Waals surface area (Å²) in [5, 5.41) is 0. The maximum Gasteiger partial charge on any atom is 0.240 e. The summed E-state index contributed by atoms with van der Waals surface area (Å²) in [5.41, 5.74) is 2.99. The van der Waals surface area contributed by atoms with Crippen molar-refractivity contribution in [2.24, 2.45) is 5.84 Å². The van der Waals surface area contributed by atoms with E-state index in [0.717, 1.165) is 0 Å². The number of rotatable bonds is 3. The van der Waals surface area contributed by atoms with E-state index in [-0.39, 0.29) is 11.8 Å². The van der Waals surface area contributed by atoms with Crippen molar-refractivity contribution in [3.63, 3.8) is 0 Å². The summed E-state index contributed by atoms with van der Waals surface area (Å²) < 4.78 is 19.1. The lowest BCUT2D eigenvalue weighted by Gasteiger charge is -2.09. The van der Waals surface area contributed by atoms with E-state index in [0.29, 0.717) is 21.7 Å². The Hall–Kier alpha value is -1.73. The highest BCUT2D eigenvalue weighted by molar-refractivity contribution is 9.10. The molecule has 0 fully saturated rings. The molecule has 0 saturated carbocycles. The molecule has 7 heteroatoms. The lowest BCUT2D eigenvalue weighted by atomic mass is 10.2. The first-order valence-corrected chi connectivity index (χ1v) is 5.82. The molecule has 5 nitrogen and oxygen atoms in total. The highest BCUT2D eigenvalue weighted by atomic mass is 79.9. The number of nitrogens with one attached hydrogen (secondary N) is 1. The summed E-state index contributed by atoms with van der Waals surface area (Å²) in [4.78, 5) is 7.94. The zero-order valence-electron chi connectivity index (χ0n) is 9.45. The minimum absolute atomic E-state index is 0.230. The zero-order chi connectivity index (χ0) is 13.1. The number of nitrogens with two attached hydrogens (primary N) is 1. The summed E-state index contributed by atoms with van der Waals surface area (Å²) in [6, 6.07) is 4.24. The van der Waals surface area contributed by atoms with Crippen LogP contribution in [0.5, 0.6) is 11.6 Å². The normalized spacial score (nSPS) is 10.2. The second-order valence-corrected chi connectivity index (χ2v) is 4.36. The van der Waals surface area contributed by atoms with Crippen molar-refractivity contribution in [1.29, 1.82) is 0 Å². The number of nitrogens with zero attached hydrogens (tertiary/aromatic N) is 2. The van der Waals surface area contributed by atoms with Gasteiger partial charge in [0.25, 0.3) is 0 Å². The third-order valence-electron chi connectivity index (χ3n) is 2.18. The molecule has 0 amide bonds. The van der Waals surface area contributed by atoms with Crippen molar-refractivity contribution in [3.8, 4) is 11.6 Å². The first-order valence-electron chi connectivity index (χ1n) is 5.03. The van der Waals surface area contributed by atoms with Crippen LogP contribution in [0.2, 0.25) is 0 Å². The number of benzene rings is 1. The average molecular weight is 313 g/mol. The Morgan fingerprint density at radius 1 is 1.44 bits per heavy atom. The van der Waals surface area contributed by atoms with E-state index in [9.17, 15) is 4.39 Å². The van der Waals surface area contributed by atoms with Crippen LogP contribution in [-0.4, -0.2) is 9.97 Å². The molecule has 1 aromatic heterocycles. The van der Waals surface area contributed by atoms with E-state index < -0.39 is 0 Å². The first kappa shape index (κ1) is 12.7. The molecule has 18 heavy (non-hydrogen) atoms. The van der Waals surface area contributed by atoms with Crippen LogP contribution < -0.4 is 16.0 Å². The van der Waals surface area contributed by atoms with Gasteiger partial charge < -0.3 is 4.74 Å². The van der Waals surface area contributed by atoms with Crippen molar-refractivity contribution in [3.05, 3.63) is 40.2 Å². The van der Waals surface area contributed by atoms with Gasteiger partial charge in [0, 0.05) is 0 Å². The maximum absolute atomic E-state index is 13.0. The van der Waals surface area contributed by atoms with Gasteiger partial charge in [0.2, 0.25) is 11.8 Å². The lowest BCUT2D eigenvalue weighted by molar-refractivity contribution is 0.453. The third-order valence-corrected chi connectivity index (χ3v) is 2.73. The minimum Gasteiger partial charge on any atom is -0.437 e. The summed E-state index contributed by atoms with van der Waals surface area (Å²) in [6.07, 6.45) is 1.51. The lowest BCUT2D eigenvalue weighted by Crippen LogP contribution is -2.10. The number of hydrogen-bond donors (Lipinski definition) is 2. The molecule has 0 atom stereocenters. The van der Waals surface area contributed by atoms with Crippen LogP contribution in [0.15, 0.2) is 28.9 Å². The van der Waals surface area contributed by atoms with Crippen molar-refractivity contribution in [2.45, 2.75) is 6.92 Å². The molecule has 0 aliphatic heterocycles. The fourth-order valence-corrected chi connectivity index (χ4v) is 1.60. The molecular formula is C11H10BrFN4O. The van der Waals surface area contributed by atoms with Crippen LogP contribution in [0.3, 0.4) is 0 Å². The second-order valence-electron chi connectivity index (χ2n) is 3.50. The molecule has 94 valence electrons. The standard InChI is InChI=1S/C11H10BrFN4O/c1-6-4-7(13)2-3-9(6)18-10-8(12)5-15-11(16-10)17-14/h2-5H,14H2,1H3,(H,15,16,17). The van der Waals surface area contributed by atoms with Gasteiger partial charge in [-0.3, -0.25) is 5.43 Å². The molecule has 1 heterocycles. The molecular weight excluding hydrogens is 303 g/mol. The molecule has 2 rings (SSSR count). The van der Waals surface area contributed by atoms with Crippen molar-refractivity contribution >= 4 is 21.9 Å². The molecule has 0 bridgehead atoms. The number of hydrazine groups is 1. The number of aromatic nitrogens is 2. The number of nitrogen functional groups attached to an aromatic ring is 1. The van der Waals surface area contributed by atoms with Crippen molar-refractivity contribution in [2.75, 3.05) is 5.43 Å². The van der Waals surface area contributed by atoms with Gasteiger partial charge in [-0.15, -0.1) is 0 Å². The summed E-state index contributed by atoms with van der Waals surface area (Å²) in [6.45, 7) is 1.75. The fraction of sp³-hybridized carbons (Fsp3) is 0.0909. The monoisotopic (exact) mass is 312 g/mol. The Morgan fingerprint density at radius 3 is 2.89 bits per heavy atom. The highest BCUT2D eigenvalue weighted by Gasteiger charge is 2.09. The molecule has 0 unspecified atom stereocenters. The van der Waals surface area contributed by atoms with E-state index in [1.807, 2.05) is 0 Å². The van der Waals surface area contributed by atoms with Crippen molar-refractivity contribution in [1.82, 2.24) is 9.97 Å². The maximum atomic E-state index is 13.0. The van der Waals surface area contributed by atoms with Gasteiger partial charge in [-0.25, -0.2) is 15.2 Å². The van der Waals surface area contributed by atoms with Crippen molar-refractivity contribution < 1.29 is 9.13 Å². The number of ether oxygens (including phenoxy) is 1. The van der Waals surface area contributed by atoms with Gasteiger partial charge in [0.15, 0.2) is 0 Å². The molecule has 0 saturated heterocycles. The number of halogens is 2. The van der Waals surface area contributed by atoms with Gasteiger partial charge in [0.1, 0.15) is 11.6 Å². The van der Waals surface area contributed by atoms with E-state index in [4.69, 9.17) is 10.6 Å². The van der Waals surface area contributed by atoms with Gasteiger partial charge in [0.05, 0.1) is 10.7 Å². The van der Waals surface area contributed by atoms with Gasteiger partial charge in [-0.05, 0) is 46.6 Å². The van der Waals surface area contributed by atoms with Gasteiger partial charge in [-0.2, -0.15) is 4.98 Å². The van der Waals surface area contributed by atoms with Crippen LogP contribution >= 0.6 is 15.9 Å². The smallest absolute Gasteiger partial charge is 0.240 e. The summed E-state index contributed by atoms with van der Waals surface area (Å²) in [7, 11) is 0. The Bertz CT molecular complexity index is 579. The third kappa shape index (κ3) is 2.74. The van der Waals surface area contributed by atoms with E-state index in [2.05, 4.69) is 31.3 Å². The number of hydrogen-bond acceptors (Lipinski definition) is 5. The van der Waals surface area contributed by atoms with E-state index in [1.54, 1.807) is 6.92 Å². The zero-order valence-corrected chi connectivity index (χ0v) is 11.0. The SMILES string of the molecule is Cc1cc(F)ccc1Oc1nc(NN)ncc1Br. The van der Waals surface area contributed by atoms with Gasteiger partial charge >= 0.3 is 0 Å². The second kappa shape index (κ2) is 5.28. The Balaban J connectivity index is 2.33. The Labute approximate surface area is 111 Å². The van der Waals surface area contributed by atoms with E-state index >= 15 is 0 Å². The van der Waals surface area contributed by atoms with Crippen LogP contribution in [0.25, 0.3) is 0 Å². The molecule has 2 aromatic rings. The summed E-state index contributed by atoms with van der Waals surface area (Å²) in [5.74, 6) is 5.94. The predicted octanol–water partition coefficient (Wildman–Crippen LogP) is 2.76. The van der Waals surface area contributed by atoms with Crippen LogP contribution in [0, 0.1) is 12.7 Å². The van der Waals surface area contributed by atoms with Gasteiger partial charge in [-0.1, -0.05) is 0 Å². The first-order chi connectivity index (χ1) is 8.60. The predicted molar refractivity (Wildman–Crippen MR) is 68.8 cm³/mol. The van der Waals surface area contributed by atoms with Crippen LogP contribution in [-0.2, 0) is 0 Å². The average Bonchev–Trinajstić information content (AvgIpc) is 2.35. The quantitative estimate of drug-likeness (QED) is 0.673. The fourth-order valence-electron chi connectivity index (χ4n) is 1.32. The number of aryl methyl sites for hydroxylation is 1. The van der Waals surface area contributed by atoms with Crippen LogP contribution in [0.4, 0.5) is 10.3 Å². The van der Waals surface area contributed by atoms with E-state index in [1.165, 1.54) is 24.4 Å². The largest absolute Gasteiger partial charge is 0.437 e.